The van der Waals surface area contributed by atoms with Gasteiger partial charge in [-0.1, -0.05) is 15.9 Å². The first-order valence-electron chi connectivity index (χ1n) is 6.97. The minimum absolute atomic E-state index is 0.716. The minimum atomic E-state index is 0.716. The zero-order valence-corrected chi connectivity index (χ0v) is 12.6. The Hall–Kier alpha value is -0.540. The number of benzene rings is 1. The fourth-order valence-electron chi connectivity index (χ4n) is 3.30. The van der Waals surface area contributed by atoms with Crippen LogP contribution in [0.3, 0.4) is 0 Å². The first-order chi connectivity index (χ1) is 8.74. The normalized spacial score (nSPS) is 25.0. The standard InChI is InChI=1S/C15H21BrN2/c1-17-9-7-14(11-17)18-8-3-2-4-12-10-13(16)5-6-15(12)18/h5-6,10,14H,2-4,7-9,11H2,1H3. The van der Waals surface area contributed by atoms with Crippen LogP contribution in [0.4, 0.5) is 5.69 Å². The van der Waals surface area contributed by atoms with Gasteiger partial charge in [-0.05, 0) is 63.0 Å². The molecule has 1 unspecified atom stereocenters. The number of likely N-dealkylation sites (tertiary alicyclic amines) is 1. The smallest absolute Gasteiger partial charge is 0.0429 e. The third kappa shape index (κ3) is 2.43. The Labute approximate surface area is 118 Å². The van der Waals surface area contributed by atoms with E-state index in [1.807, 2.05) is 0 Å². The van der Waals surface area contributed by atoms with Crippen molar-refractivity contribution in [2.45, 2.75) is 31.7 Å². The van der Waals surface area contributed by atoms with E-state index in [-0.39, 0.29) is 0 Å². The molecule has 98 valence electrons. The number of rotatable bonds is 1. The van der Waals surface area contributed by atoms with Crippen LogP contribution in [-0.4, -0.2) is 37.6 Å². The highest BCUT2D eigenvalue weighted by atomic mass is 79.9. The molecule has 2 aliphatic heterocycles. The maximum absolute atomic E-state index is 3.60. The van der Waals surface area contributed by atoms with Crippen LogP contribution in [0.1, 0.15) is 24.8 Å². The third-order valence-electron chi connectivity index (χ3n) is 4.25. The van der Waals surface area contributed by atoms with Gasteiger partial charge in [0.25, 0.3) is 0 Å². The van der Waals surface area contributed by atoms with Gasteiger partial charge in [0.2, 0.25) is 0 Å². The van der Waals surface area contributed by atoms with Crippen LogP contribution >= 0.6 is 15.9 Å². The molecule has 1 atom stereocenters. The van der Waals surface area contributed by atoms with E-state index < -0.39 is 0 Å². The molecule has 0 aliphatic carbocycles. The molecule has 0 radical (unpaired) electrons. The molecule has 1 fully saturated rings. The van der Waals surface area contributed by atoms with E-state index >= 15 is 0 Å². The highest BCUT2D eigenvalue weighted by Gasteiger charge is 2.28. The molecular weight excluding hydrogens is 288 g/mol. The first kappa shape index (κ1) is 12.5. The Morgan fingerprint density at radius 2 is 2.11 bits per heavy atom. The number of hydrogen-bond donors (Lipinski definition) is 0. The van der Waals surface area contributed by atoms with Crippen LogP contribution in [0, 0.1) is 0 Å². The largest absolute Gasteiger partial charge is 0.367 e. The van der Waals surface area contributed by atoms with Gasteiger partial charge >= 0.3 is 0 Å². The van der Waals surface area contributed by atoms with Crippen molar-refractivity contribution in [3.05, 3.63) is 28.2 Å². The lowest BCUT2D eigenvalue weighted by Gasteiger charge is -2.31. The molecule has 0 bridgehead atoms. The molecule has 0 N–H and O–H groups in total. The van der Waals surface area contributed by atoms with E-state index in [1.165, 1.54) is 61.0 Å². The van der Waals surface area contributed by atoms with Gasteiger partial charge in [0.15, 0.2) is 0 Å². The summed E-state index contributed by atoms with van der Waals surface area (Å²) in [5.74, 6) is 0. The third-order valence-corrected chi connectivity index (χ3v) is 4.75. The molecule has 2 heterocycles. The lowest BCUT2D eigenvalue weighted by molar-refractivity contribution is 0.407. The number of likely N-dealkylation sites (N-methyl/N-ethyl adjacent to an activating group) is 1. The summed E-state index contributed by atoms with van der Waals surface area (Å²) in [7, 11) is 2.24. The van der Waals surface area contributed by atoms with E-state index in [0.29, 0.717) is 6.04 Å². The van der Waals surface area contributed by atoms with E-state index in [2.05, 4.69) is 51.0 Å². The molecule has 0 spiro atoms. The summed E-state index contributed by atoms with van der Waals surface area (Å²) in [5.41, 5.74) is 3.01. The Morgan fingerprint density at radius 1 is 1.22 bits per heavy atom. The molecule has 0 amide bonds. The number of halogens is 1. The van der Waals surface area contributed by atoms with E-state index in [4.69, 9.17) is 0 Å². The molecule has 3 rings (SSSR count). The molecule has 0 saturated carbocycles. The van der Waals surface area contributed by atoms with E-state index in [0.717, 1.165) is 0 Å². The van der Waals surface area contributed by atoms with Crippen molar-refractivity contribution < 1.29 is 0 Å². The average Bonchev–Trinajstić information content (AvgIpc) is 2.67. The molecule has 0 aromatic heterocycles. The lowest BCUT2D eigenvalue weighted by Crippen LogP contribution is -2.37. The van der Waals surface area contributed by atoms with Crippen LogP contribution in [0.2, 0.25) is 0 Å². The fourth-order valence-corrected chi connectivity index (χ4v) is 3.71. The number of anilines is 1. The predicted octanol–water partition coefficient (Wildman–Crippen LogP) is 3.30. The summed E-state index contributed by atoms with van der Waals surface area (Å²) in [5, 5.41) is 0. The SMILES string of the molecule is CN1CCC(N2CCCCc3cc(Br)ccc32)C1. The first-order valence-corrected chi connectivity index (χ1v) is 7.77. The van der Waals surface area contributed by atoms with Gasteiger partial charge in [0.1, 0.15) is 0 Å². The van der Waals surface area contributed by atoms with Gasteiger partial charge in [-0.2, -0.15) is 0 Å². The van der Waals surface area contributed by atoms with Crippen molar-refractivity contribution >= 4 is 21.6 Å². The van der Waals surface area contributed by atoms with Crippen LogP contribution < -0.4 is 4.90 Å². The van der Waals surface area contributed by atoms with Gasteiger partial charge in [-0.3, -0.25) is 0 Å². The van der Waals surface area contributed by atoms with Gasteiger partial charge in [-0.15, -0.1) is 0 Å². The molecule has 2 nitrogen and oxygen atoms in total. The average molecular weight is 309 g/mol. The topological polar surface area (TPSA) is 6.48 Å². The second-order valence-electron chi connectivity index (χ2n) is 5.63. The Morgan fingerprint density at radius 3 is 2.89 bits per heavy atom. The van der Waals surface area contributed by atoms with Crippen molar-refractivity contribution in [3.8, 4) is 0 Å². The molecule has 1 aromatic carbocycles. The van der Waals surface area contributed by atoms with Crippen molar-refractivity contribution in [1.82, 2.24) is 4.90 Å². The second-order valence-corrected chi connectivity index (χ2v) is 6.54. The quantitative estimate of drug-likeness (QED) is 0.785. The van der Waals surface area contributed by atoms with Gasteiger partial charge in [-0.25, -0.2) is 0 Å². The summed E-state index contributed by atoms with van der Waals surface area (Å²) in [6.07, 6.45) is 5.19. The van der Waals surface area contributed by atoms with Gasteiger partial charge < -0.3 is 9.80 Å². The molecular formula is C15H21BrN2. The maximum Gasteiger partial charge on any atom is 0.0429 e. The monoisotopic (exact) mass is 308 g/mol. The number of fused-ring (bicyclic) bond motifs is 1. The number of hydrogen-bond acceptors (Lipinski definition) is 2. The van der Waals surface area contributed by atoms with Gasteiger partial charge in [0, 0.05) is 29.3 Å². The van der Waals surface area contributed by atoms with Crippen LogP contribution in [0.25, 0.3) is 0 Å². The molecule has 3 heteroatoms. The van der Waals surface area contributed by atoms with Crippen molar-refractivity contribution in [2.75, 3.05) is 31.6 Å². The van der Waals surface area contributed by atoms with Crippen molar-refractivity contribution in [2.24, 2.45) is 0 Å². The summed E-state index contributed by atoms with van der Waals surface area (Å²) in [6.45, 7) is 3.69. The summed E-state index contributed by atoms with van der Waals surface area (Å²) in [6, 6.07) is 7.53. The highest BCUT2D eigenvalue weighted by Crippen LogP contribution is 2.32. The van der Waals surface area contributed by atoms with Crippen LogP contribution in [-0.2, 0) is 6.42 Å². The number of aryl methyl sites for hydroxylation is 1. The lowest BCUT2D eigenvalue weighted by atomic mass is 10.1. The van der Waals surface area contributed by atoms with E-state index in [1.54, 1.807) is 0 Å². The van der Waals surface area contributed by atoms with Crippen LogP contribution in [0.5, 0.6) is 0 Å². The maximum atomic E-state index is 3.60. The predicted molar refractivity (Wildman–Crippen MR) is 80.3 cm³/mol. The number of nitrogens with zero attached hydrogens (tertiary/aromatic N) is 2. The van der Waals surface area contributed by atoms with Crippen molar-refractivity contribution in [3.63, 3.8) is 0 Å². The Balaban J connectivity index is 1.91. The summed E-state index contributed by atoms with van der Waals surface area (Å²) < 4.78 is 1.21. The summed E-state index contributed by atoms with van der Waals surface area (Å²) in [4.78, 5) is 5.12. The Bertz CT molecular complexity index is 433. The fraction of sp³-hybridized carbons (Fsp3) is 0.600. The Kier molecular flexibility index (Phi) is 3.62. The van der Waals surface area contributed by atoms with Gasteiger partial charge in [0.05, 0.1) is 0 Å². The van der Waals surface area contributed by atoms with Crippen LogP contribution in [0.15, 0.2) is 22.7 Å². The zero-order chi connectivity index (χ0) is 12.5. The molecule has 1 saturated heterocycles. The molecule has 1 aromatic rings. The van der Waals surface area contributed by atoms with E-state index in [9.17, 15) is 0 Å². The molecule has 2 aliphatic rings. The second kappa shape index (κ2) is 5.22. The summed E-state index contributed by atoms with van der Waals surface area (Å²) >= 11 is 3.60. The molecule has 18 heavy (non-hydrogen) atoms. The highest BCUT2D eigenvalue weighted by molar-refractivity contribution is 9.10. The van der Waals surface area contributed by atoms with Crippen molar-refractivity contribution in [1.29, 1.82) is 0 Å². The minimum Gasteiger partial charge on any atom is -0.367 e. The zero-order valence-electron chi connectivity index (χ0n) is 11.0.